The fourth-order valence-corrected chi connectivity index (χ4v) is 3.68. The Kier molecular flexibility index (Phi) is 7.33. The Balaban J connectivity index is 2.21. The Morgan fingerprint density at radius 2 is 0.967 bits per heavy atom. The molecule has 0 atom stereocenters. The Hall–Kier alpha value is -3.02. The molecule has 0 bridgehead atoms. The van der Waals surface area contributed by atoms with Gasteiger partial charge in [-0.05, 0) is 66.1 Å². The lowest BCUT2D eigenvalue weighted by Crippen LogP contribution is -2.45. The maximum Gasteiger partial charge on any atom is 0.118 e. The second-order valence-electron chi connectivity index (χ2n) is 6.94. The fourth-order valence-electron chi connectivity index (χ4n) is 3.68. The molecule has 0 amide bonds. The zero-order chi connectivity index (χ0) is 21.4. The first-order chi connectivity index (χ1) is 14.7. The van der Waals surface area contributed by atoms with Gasteiger partial charge in [0.1, 0.15) is 17.2 Å². The van der Waals surface area contributed by atoms with E-state index in [2.05, 4.69) is 41.7 Å². The summed E-state index contributed by atoms with van der Waals surface area (Å²) in [6.07, 6.45) is 0.643. The van der Waals surface area contributed by atoms with Gasteiger partial charge in [-0.15, -0.1) is 0 Å². The largest absolute Gasteiger partial charge is 0.497 e. The third-order valence-electron chi connectivity index (χ3n) is 5.29. The molecule has 158 valence electrons. The minimum absolute atomic E-state index is 0.122. The summed E-state index contributed by atoms with van der Waals surface area (Å²) in [5, 5.41) is 13.1. The van der Waals surface area contributed by atoms with Crippen molar-refractivity contribution in [2.24, 2.45) is 0 Å². The number of hydrogen-bond acceptors (Lipinski definition) is 5. The van der Waals surface area contributed by atoms with Crippen LogP contribution in [-0.2, 0) is 5.54 Å². The van der Waals surface area contributed by atoms with Crippen molar-refractivity contribution in [1.82, 2.24) is 5.32 Å². The van der Waals surface area contributed by atoms with E-state index < -0.39 is 5.54 Å². The lowest BCUT2D eigenvalue weighted by molar-refractivity contribution is 0.280. The molecule has 0 fully saturated rings. The van der Waals surface area contributed by atoms with Crippen molar-refractivity contribution in [2.75, 3.05) is 34.5 Å². The first kappa shape index (κ1) is 21.7. The molecule has 0 radical (unpaired) electrons. The molecule has 0 aliphatic carbocycles. The van der Waals surface area contributed by atoms with E-state index in [1.807, 2.05) is 36.4 Å². The van der Waals surface area contributed by atoms with Crippen molar-refractivity contribution < 1.29 is 19.3 Å². The fraction of sp³-hybridized carbons (Fsp3) is 0.280. The predicted molar refractivity (Wildman–Crippen MR) is 119 cm³/mol. The number of aliphatic hydroxyl groups excluding tert-OH is 1. The zero-order valence-electron chi connectivity index (χ0n) is 17.7. The van der Waals surface area contributed by atoms with Crippen LogP contribution in [0.1, 0.15) is 23.1 Å². The van der Waals surface area contributed by atoms with Gasteiger partial charge < -0.3 is 19.3 Å². The lowest BCUT2D eigenvalue weighted by Gasteiger charge is -2.37. The van der Waals surface area contributed by atoms with Crippen molar-refractivity contribution in [1.29, 1.82) is 0 Å². The molecule has 2 N–H and O–H groups in total. The minimum Gasteiger partial charge on any atom is -0.497 e. The third kappa shape index (κ3) is 4.42. The molecule has 0 aliphatic heterocycles. The van der Waals surface area contributed by atoms with Gasteiger partial charge in [-0.3, -0.25) is 5.32 Å². The zero-order valence-corrected chi connectivity index (χ0v) is 17.7. The SMILES string of the molecule is COc1ccc(C(NCCCO)(c2ccc(OC)cc2)c2ccc(OC)cc2)cc1. The topological polar surface area (TPSA) is 60.0 Å². The molecule has 0 heterocycles. The highest BCUT2D eigenvalue weighted by molar-refractivity contribution is 5.52. The summed E-state index contributed by atoms with van der Waals surface area (Å²) in [5.41, 5.74) is 2.57. The van der Waals surface area contributed by atoms with Crippen LogP contribution in [0.2, 0.25) is 0 Å². The van der Waals surface area contributed by atoms with Crippen LogP contribution in [0.4, 0.5) is 0 Å². The van der Waals surface area contributed by atoms with Crippen LogP contribution < -0.4 is 19.5 Å². The van der Waals surface area contributed by atoms with Crippen molar-refractivity contribution in [3.8, 4) is 17.2 Å². The number of nitrogens with one attached hydrogen (secondary N) is 1. The van der Waals surface area contributed by atoms with Crippen molar-refractivity contribution in [3.63, 3.8) is 0 Å². The number of hydrogen-bond donors (Lipinski definition) is 2. The van der Waals surface area contributed by atoms with Gasteiger partial charge in [-0.2, -0.15) is 0 Å². The smallest absolute Gasteiger partial charge is 0.118 e. The van der Waals surface area contributed by atoms with Crippen LogP contribution in [-0.4, -0.2) is 39.6 Å². The maximum absolute atomic E-state index is 9.39. The summed E-state index contributed by atoms with van der Waals surface area (Å²) in [4.78, 5) is 0. The second-order valence-corrected chi connectivity index (χ2v) is 6.94. The molecule has 0 aliphatic rings. The lowest BCUT2D eigenvalue weighted by atomic mass is 9.76. The molecule has 5 heteroatoms. The van der Waals surface area contributed by atoms with Gasteiger partial charge in [0.25, 0.3) is 0 Å². The number of rotatable bonds is 10. The summed E-state index contributed by atoms with van der Waals surface area (Å²) in [6.45, 7) is 0.761. The van der Waals surface area contributed by atoms with E-state index in [1.54, 1.807) is 21.3 Å². The van der Waals surface area contributed by atoms with Crippen LogP contribution in [0.5, 0.6) is 17.2 Å². The molecule has 3 rings (SSSR count). The number of methoxy groups -OCH3 is 3. The highest BCUT2D eigenvalue weighted by atomic mass is 16.5. The molecule has 0 aromatic heterocycles. The van der Waals surface area contributed by atoms with Crippen LogP contribution in [0.15, 0.2) is 72.8 Å². The quantitative estimate of drug-likeness (QED) is 0.393. The molecular formula is C25H29NO4. The summed E-state index contributed by atoms with van der Waals surface area (Å²) in [6, 6.07) is 24.2. The monoisotopic (exact) mass is 407 g/mol. The summed E-state index contributed by atoms with van der Waals surface area (Å²) < 4.78 is 16.1. The molecular weight excluding hydrogens is 378 g/mol. The standard InChI is InChI=1S/C25H29NO4/c1-28-22-11-5-19(6-12-22)25(26-17-4-18-27,20-7-13-23(29-2)14-8-20)21-9-15-24(30-3)16-10-21/h5-16,26-27H,4,17-18H2,1-3H3. The van der Waals surface area contributed by atoms with Gasteiger partial charge in [0.05, 0.1) is 26.9 Å². The van der Waals surface area contributed by atoms with E-state index in [1.165, 1.54) is 0 Å². The minimum atomic E-state index is -0.625. The van der Waals surface area contributed by atoms with Crippen LogP contribution in [0, 0.1) is 0 Å². The van der Waals surface area contributed by atoms with E-state index in [0.29, 0.717) is 13.0 Å². The van der Waals surface area contributed by atoms with Crippen LogP contribution in [0.25, 0.3) is 0 Å². The van der Waals surface area contributed by atoms with Crippen molar-refractivity contribution in [2.45, 2.75) is 12.0 Å². The van der Waals surface area contributed by atoms with Crippen molar-refractivity contribution >= 4 is 0 Å². The first-order valence-corrected chi connectivity index (χ1v) is 9.97. The maximum atomic E-state index is 9.39. The molecule has 0 spiro atoms. The predicted octanol–water partition coefficient (Wildman–Crippen LogP) is 3.98. The summed E-state index contributed by atoms with van der Waals surface area (Å²) in [7, 11) is 4.98. The normalized spacial score (nSPS) is 11.2. The van der Waals surface area contributed by atoms with E-state index in [0.717, 1.165) is 33.9 Å². The van der Waals surface area contributed by atoms with Gasteiger partial charge in [0, 0.05) is 6.61 Å². The number of aliphatic hydroxyl groups is 1. The second kappa shape index (κ2) is 10.1. The molecule has 3 aromatic carbocycles. The highest BCUT2D eigenvalue weighted by Crippen LogP contribution is 2.38. The molecule has 5 nitrogen and oxygen atoms in total. The van der Waals surface area contributed by atoms with Crippen LogP contribution in [0.3, 0.4) is 0 Å². The van der Waals surface area contributed by atoms with Gasteiger partial charge >= 0.3 is 0 Å². The Morgan fingerprint density at radius 1 is 0.633 bits per heavy atom. The van der Waals surface area contributed by atoms with E-state index in [4.69, 9.17) is 14.2 Å². The van der Waals surface area contributed by atoms with Gasteiger partial charge in [-0.1, -0.05) is 36.4 Å². The van der Waals surface area contributed by atoms with Crippen LogP contribution >= 0.6 is 0 Å². The highest BCUT2D eigenvalue weighted by Gasteiger charge is 2.36. The average Bonchev–Trinajstić information content (AvgIpc) is 2.82. The average molecular weight is 408 g/mol. The molecule has 0 unspecified atom stereocenters. The van der Waals surface area contributed by atoms with Gasteiger partial charge in [0.2, 0.25) is 0 Å². The van der Waals surface area contributed by atoms with Gasteiger partial charge in [-0.25, -0.2) is 0 Å². The Morgan fingerprint density at radius 3 is 1.23 bits per heavy atom. The Bertz CT molecular complexity index is 790. The number of ether oxygens (including phenoxy) is 3. The van der Waals surface area contributed by atoms with E-state index in [9.17, 15) is 5.11 Å². The summed E-state index contributed by atoms with van der Waals surface area (Å²) in [5.74, 6) is 2.40. The Labute approximate surface area is 178 Å². The van der Waals surface area contributed by atoms with Gasteiger partial charge in [0.15, 0.2) is 0 Å². The van der Waals surface area contributed by atoms with E-state index >= 15 is 0 Å². The van der Waals surface area contributed by atoms with E-state index in [-0.39, 0.29) is 6.61 Å². The third-order valence-corrected chi connectivity index (χ3v) is 5.29. The molecule has 3 aromatic rings. The summed E-state index contributed by atoms with van der Waals surface area (Å²) >= 11 is 0. The first-order valence-electron chi connectivity index (χ1n) is 9.97. The molecule has 30 heavy (non-hydrogen) atoms. The number of benzene rings is 3. The van der Waals surface area contributed by atoms with Crippen molar-refractivity contribution in [3.05, 3.63) is 89.5 Å². The molecule has 0 saturated heterocycles. The molecule has 0 saturated carbocycles.